The van der Waals surface area contributed by atoms with Gasteiger partial charge in [0.1, 0.15) is 0 Å². The van der Waals surface area contributed by atoms with Crippen molar-refractivity contribution < 1.29 is 4.79 Å². The summed E-state index contributed by atoms with van der Waals surface area (Å²) in [5.41, 5.74) is 2.01. The predicted octanol–water partition coefficient (Wildman–Crippen LogP) is 2.36. The van der Waals surface area contributed by atoms with Crippen LogP contribution in [0.15, 0.2) is 35.7 Å². The zero-order chi connectivity index (χ0) is 12.8. The van der Waals surface area contributed by atoms with Gasteiger partial charge in [-0.15, -0.1) is 11.3 Å². The molecule has 1 aromatic carbocycles. The zero-order valence-corrected chi connectivity index (χ0v) is 11.0. The van der Waals surface area contributed by atoms with Crippen molar-refractivity contribution in [3.63, 3.8) is 0 Å². The minimum atomic E-state index is -0.0195. The lowest BCUT2D eigenvalue weighted by Gasteiger charge is -2.02. The molecule has 0 bridgehead atoms. The van der Waals surface area contributed by atoms with Gasteiger partial charge in [-0.1, -0.05) is 30.3 Å². The lowest BCUT2D eigenvalue weighted by atomic mass is 10.2. The SMILES string of the molecule is CCNC(=O)CNc1nc(-c2ccccc2)cs1. The Hall–Kier alpha value is -1.88. The average Bonchev–Trinajstić information content (AvgIpc) is 2.87. The number of carbonyl (C=O) groups is 1. The van der Waals surface area contributed by atoms with E-state index in [1.165, 1.54) is 11.3 Å². The number of hydrogen-bond donors (Lipinski definition) is 2. The number of benzene rings is 1. The quantitative estimate of drug-likeness (QED) is 0.868. The molecular weight excluding hydrogens is 246 g/mol. The topological polar surface area (TPSA) is 54.0 Å². The molecule has 18 heavy (non-hydrogen) atoms. The number of amides is 1. The van der Waals surface area contributed by atoms with E-state index in [4.69, 9.17) is 0 Å². The Labute approximate surface area is 110 Å². The molecule has 0 spiro atoms. The Morgan fingerprint density at radius 2 is 2.11 bits per heavy atom. The molecule has 0 aliphatic rings. The number of aromatic nitrogens is 1. The maximum Gasteiger partial charge on any atom is 0.239 e. The van der Waals surface area contributed by atoms with Crippen LogP contribution in [0, 0.1) is 0 Å². The molecule has 2 rings (SSSR count). The molecule has 4 nitrogen and oxygen atoms in total. The largest absolute Gasteiger partial charge is 0.355 e. The summed E-state index contributed by atoms with van der Waals surface area (Å²) in [7, 11) is 0. The highest BCUT2D eigenvalue weighted by molar-refractivity contribution is 7.14. The summed E-state index contributed by atoms with van der Waals surface area (Å²) in [5, 5.41) is 8.49. The van der Waals surface area contributed by atoms with Gasteiger partial charge in [0.25, 0.3) is 0 Å². The van der Waals surface area contributed by atoms with E-state index >= 15 is 0 Å². The number of likely N-dealkylation sites (N-methyl/N-ethyl adjacent to an activating group) is 1. The second-order valence-electron chi connectivity index (χ2n) is 3.71. The second-order valence-corrected chi connectivity index (χ2v) is 4.57. The van der Waals surface area contributed by atoms with Gasteiger partial charge < -0.3 is 10.6 Å². The summed E-state index contributed by atoms with van der Waals surface area (Å²) in [4.78, 5) is 15.7. The zero-order valence-electron chi connectivity index (χ0n) is 10.1. The molecule has 0 saturated heterocycles. The summed E-state index contributed by atoms with van der Waals surface area (Å²) in [6.45, 7) is 2.80. The molecule has 2 N–H and O–H groups in total. The summed E-state index contributed by atoms with van der Waals surface area (Å²) in [6.07, 6.45) is 0. The van der Waals surface area contributed by atoms with Crippen LogP contribution in [0.3, 0.4) is 0 Å². The summed E-state index contributed by atoms with van der Waals surface area (Å²) in [6, 6.07) is 9.97. The van der Waals surface area contributed by atoms with Crippen molar-refractivity contribution in [3.05, 3.63) is 35.7 Å². The Morgan fingerprint density at radius 3 is 2.83 bits per heavy atom. The highest BCUT2D eigenvalue weighted by atomic mass is 32.1. The molecule has 0 atom stereocenters. The maximum absolute atomic E-state index is 11.3. The molecular formula is C13H15N3OS. The smallest absolute Gasteiger partial charge is 0.239 e. The van der Waals surface area contributed by atoms with Gasteiger partial charge in [0.05, 0.1) is 12.2 Å². The van der Waals surface area contributed by atoms with Crippen molar-refractivity contribution >= 4 is 22.4 Å². The van der Waals surface area contributed by atoms with Gasteiger partial charge in [-0.2, -0.15) is 0 Å². The first-order valence-electron chi connectivity index (χ1n) is 5.81. The van der Waals surface area contributed by atoms with Crippen LogP contribution < -0.4 is 10.6 Å². The third kappa shape index (κ3) is 3.30. The highest BCUT2D eigenvalue weighted by Gasteiger charge is 2.05. The van der Waals surface area contributed by atoms with Crippen LogP contribution in [0.5, 0.6) is 0 Å². The number of rotatable bonds is 5. The van der Waals surface area contributed by atoms with Crippen LogP contribution >= 0.6 is 11.3 Å². The fourth-order valence-corrected chi connectivity index (χ4v) is 2.23. The molecule has 0 saturated carbocycles. The first kappa shape index (κ1) is 12.6. The van der Waals surface area contributed by atoms with Crippen LogP contribution in [0.1, 0.15) is 6.92 Å². The van der Waals surface area contributed by atoms with Crippen molar-refractivity contribution in [1.29, 1.82) is 0 Å². The Balaban J connectivity index is 1.97. The fraction of sp³-hybridized carbons (Fsp3) is 0.231. The van der Waals surface area contributed by atoms with Gasteiger partial charge in [-0.3, -0.25) is 4.79 Å². The van der Waals surface area contributed by atoms with E-state index in [1.807, 2.05) is 42.6 Å². The molecule has 0 aliphatic heterocycles. The molecule has 0 radical (unpaired) electrons. The third-order valence-electron chi connectivity index (χ3n) is 2.35. The molecule has 2 aromatic rings. The van der Waals surface area contributed by atoms with E-state index in [1.54, 1.807) is 0 Å². The van der Waals surface area contributed by atoms with E-state index in [0.717, 1.165) is 16.4 Å². The average molecular weight is 261 g/mol. The minimum Gasteiger partial charge on any atom is -0.355 e. The molecule has 0 fully saturated rings. The Kier molecular flexibility index (Phi) is 4.30. The molecule has 1 aromatic heterocycles. The van der Waals surface area contributed by atoms with Gasteiger partial charge in [0.2, 0.25) is 5.91 Å². The molecule has 0 aliphatic carbocycles. The molecule has 5 heteroatoms. The van der Waals surface area contributed by atoms with E-state index < -0.39 is 0 Å². The van der Waals surface area contributed by atoms with Crippen LogP contribution in [0.4, 0.5) is 5.13 Å². The number of thiazole rings is 1. The first-order chi connectivity index (χ1) is 8.79. The molecule has 0 unspecified atom stereocenters. The lowest BCUT2D eigenvalue weighted by molar-refractivity contribution is -0.119. The van der Waals surface area contributed by atoms with E-state index in [-0.39, 0.29) is 12.5 Å². The van der Waals surface area contributed by atoms with Crippen LogP contribution in [-0.4, -0.2) is 24.0 Å². The summed E-state index contributed by atoms with van der Waals surface area (Å²) < 4.78 is 0. The first-order valence-corrected chi connectivity index (χ1v) is 6.69. The number of anilines is 1. The molecule has 1 amide bonds. The van der Waals surface area contributed by atoms with Crippen molar-refractivity contribution in [2.24, 2.45) is 0 Å². The van der Waals surface area contributed by atoms with Crippen LogP contribution in [0.2, 0.25) is 0 Å². The monoisotopic (exact) mass is 261 g/mol. The van der Waals surface area contributed by atoms with E-state index in [9.17, 15) is 4.79 Å². The van der Waals surface area contributed by atoms with Crippen molar-refractivity contribution in [1.82, 2.24) is 10.3 Å². The number of nitrogens with zero attached hydrogens (tertiary/aromatic N) is 1. The van der Waals surface area contributed by atoms with Gasteiger partial charge in [-0.25, -0.2) is 4.98 Å². The number of nitrogens with one attached hydrogen (secondary N) is 2. The number of carbonyl (C=O) groups excluding carboxylic acids is 1. The van der Waals surface area contributed by atoms with Gasteiger partial charge >= 0.3 is 0 Å². The summed E-state index contributed by atoms with van der Waals surface area (Å²) >= 11 is 1.50. The number of hydrogen-bond acceptors (Lipinski definition) is 4. The Morgan fingerprint density at radius 1 is 1.33 bits per heavy atom. The molecule has 94 valence electrons. The van der Waals surface area contributed by atoms with E-state index in [0.29, 0.717) is 6.54 Å². The van der Waals surface area contributed by atoms with Crippen molar-refractivity contribution in [2.75, 3.05) is 18.4 Å². The van der Waals surface area contributed by atoms with Gasteiger partial charge in [0, 0.05) is 17.5 Å². The second kappa shape index (κ2) is 6.16. The normalized spacial score (nSPS) is 10.1. The van der Waals surface area contributed by atoms with Gasteiger partial charge in [0.15, 0.2) is 5.13 Å². The Bertz CT molecular complexity index is 510. The van der Waals surface area contributed by atoms with Crippen molar-refractivity contribution in [3.8, 4) is 11.3 Å². The minimum absolute atomic E-state index is 0.0195. The van der Waals surface area contributed by atoms with Gasteiger partial charge in [-0.05, 0) is 6.92 Å². The lowest BCUT2D eigenvalue weighted by Crippen LogP contribution is -2.29. The van der Waals surface area contributed by atoms with Crippen LogP contribution in [-0.2, 0) is 4.79 Å². The standard InChI is InChI=1S/C13H15N3OS/c1-2-14-12(17)8-15-13-16-11(9-18-13)10-6-4-3-5-7-10/h3-7,9H,2,8H2,1H3,(H,14,17)(H,15,16). The summed E-state index contributed by atoms with van der Waals surface area (Å²) in [5.74, 6) is -0.0195. The van der Waals surface area contributed by atoms with Crippen molar-refractivity contribution in [2.45, 2.75) is 6.92 Å². The highest BCUT2D eigenvalue weighted by Crippen LogP contribution is 2.24. The molecule has 1 heterocycles. The van der Waals surface area contributed by atoms with E-state index in [2.05, 4.69) is 15.6 Å². The fourth-order valence-electron chi connectivity index (χ4n) is 1.51. The van der Waals surface area contributed by atoms with Crippen LogP contribution in [0.25, 0.3) is 11.3 Å². The predicted molar refractivity (Wildman–Crippen MR) is 74.7 cm³/mol. The maximum atomic E-state index is 11.3. The third-order valence-corrected chi connectivity index (χ3v) is 3.15.